The number of rotatable bonds is 3. The molecule has 0 radical (unpaired) electrons. The highest BCUT2D eigenvalue weighted by Crippen LogP contribution is 2.30. The number of piperazine rings is 1. The number of halogens is 2. The summed E-state index contributed by atoms with van der Waals surface area (Å²) in [7, 11) is 0. The highest BCUT2D eigenvalue weighted by Gasteiger charge is 2.20. The van der Waals surface area contributed by atoms with E-state index in [1.807, 2.05) is 11.0 Å². The fraction of sp³-hybridized carbons (Fsp3) is 0.278. The molecule has 0 atom stereocenters. The number of carbonyl (C=O) groups is 2. The molecule has 1 aromatic heterocycles. The number of anilines is 2. The molecule has 1 aliphatic rings. The molecule has 0 unspecified atom stereocenters. The second-order valence-corrected chi connectivity index (χ2v) is 6.72. The van der Waals surface area contributed by atoms with Crippen LogP contribution in [0.3, 0.4) is 0 Å². The molecule has 0 aliphatic carbocycles. The highest BCUT2D eigenvalue weighted by atomic mass is 35.5. The van der Waals surface area contributed by atoms with Crippen molar-refractivity contribution >= 4 is 46.4 Å². The second kappa shape index (κ2) is 7.93. The molecule has 26 heavy (non-hydrogen) atoms. The van der Waals surface area contributed by atoms with E-state index in [0.29, 0.717) is 29.4 Å². The highest BCUT2D eigenvalue weighted by molar-refractivity contribution is 6.34. The van der Waals surface area contributed by atoms with Crippen LogP contribution < -0.4 is 10.2 Å². The van der Waals surface area contributed by atoms with Crippen LogP contribution in [0.5, 0.6) is 0 Å². The molecular weight excluding hydrogens is 375 g/mol. The number of carbonyl (C=O) groups excluding carboxylic acids is 2. The number of nitrogens with zero attached hydrogens (tertiary/aromatic N) is 3. The molecule has 136 valence electrons. The summed E-state index contributed by atoms with van der Waals surface area (Å²) in [6, 6.07) is 8.62. The fourth-order valence-electron chi connectivity index (χ4n) is 2.86. The Labute approximate surface area is 161 Å². The molecule has 2 heterocycles. The Kier molecular flexibility index (Phi) is 5.64. The van der Waals surface area contributed by atoms with Gasteiger partial charge in [-0.15, -0.1) is 0 Å². The van der Waals surface area contributed by atoms with Crippen LogP contribution in [0.15, 0.2) is 36.5 Å². The maximum atomic E-state index is 12.3. The molecule has 1 saturated heterocycles. The number of aromatic nitrogens is 1. The smallest absolute Gasteiger partial charge is 0.258 e. The quantitative estimate of drug-likeness (QED) is 0.813. The fourth-order valence-corrected chi connectivity index (χ4v) is 3.36. The molecule has 2 aromatic rings. The molecule has 2 amide bonds. The largest absolute Gasteiger partial charge is 0.367 e. The molecule has 3 rings (SSSR count). The minimum absolute atomic E-state index is 0.0860. The van der Waals surface area contributed by atoms with Crippen molar-refractivity contribution in [3.05, 3.63) is 52.3 Å². The lowest BCUT2D eigenvalue weighted by Gasteiger charge is -2.36. The summed E-state index contributed by atoms with van der Waals surface area (Å²) >= 11 is 12.4. The summed E-state index contributed by atoms with van der Waals surface area (Å²) in [4.78, 5) is 31.6. The van der Waals surface area contributed by atoms with Crippen LogP contribution >= 0.6 is 23.2 Å². The van der Waals surface area contributed by atoms with Gasteiger partial charge in [0.15, 0.2) is 0 Å². The summed E-state index contributed by atoms with van der Waals surface area (Å²) in [6.45, 7) is 4.36. The first kappa shape index (κ1) is 18.5. The first-order chi connectivity index (χ1) is 12.5. The van der Waals surface area contributed by atoms with Crippen molar-refractivity contribution in [3.8, 4) is 0 Å². The molecular formula is C18H18Cl2N4O2. The van der Waals surface area contributed by atoms with Gasteiger partial charge in [0.05, 0.1) is 16.3 Å². The predicted octanol–water partition coefficient (Wildman–Crippen LogP) is 3.31. The van der Waals surface area contributed by atoms with Crippen LogP contribution in [0.25, 0.3) is 0 Å². The zero-order valence-corrected chi connectivity index (χ0v) is 15.7. The summed E-state index contributed by atoms with van der Waals surface area (Å²) < 4.78 is 0. The van der Waals surface area contributed by atoms with Crippen molar-refractivity contribution in [2.24, 2.45) is 0 Å². The number of hydrogen-bond donors (Lipinski definition) is 1. The van der Waals surface area contributed by atoms with Gasteiger partial charge < -0.3 is 15.1 Å². The molecule has 6 nitrogen and oxygen atoms in total. The Hall–Kier alpha value is -2.31. The summed E-state index contributed by atoms with van der Waals surface area (Å²) in [5, 5.41) is 3.46. The van der Waals surface area contributed by atoms with Gasteiger partial charge in [-0.1, -0.05) is 23.2 Å². The number of benzene rings is 1. The van der Waals surface area contributed by atoms with E-state index < -0.39 is 0 Å². The van der Waals surface area contributed by atoms with E-state index in [2.05, 4.69) is 15.2 Å². The number of hydrogen-bond acceptors (Lipinski definition) is 4. The monoisotopic (exact) mass is 392 g/mol. The average molecular weight is 393 g/mol. The summed E-state index contributed by atoms with van der Waals surface area (Å²) in [5.41, 5.74) is 1.76. The van der Waals surface area contributed by atoms with Crippen molar-refractivity contribution < 1.29 is 9.59 Å². The summed E-state index contributed by atoms with van der Waals surface area (Å²) in [5.74, 6) is -0.259. The van der Waals surface area contributed by atoms with E-state index in [0.717, 1.165) is 18.8 Å². The standard InChI is InChI=1S/C18H18Cl2N4O2/c1-12(25)23-7-9-24(10-8-23)16-5-4-13(11-15(16)19)22-18(26)14-3-2-6-21-17(14)20/h2-6,11H,7-10H2,1H3,(H,22,26). The number of nitrogens with one attached hydrogen (secondary N) is 1. The van der Waals surface area contributed by atoms with Crippen molar-refractivity contribution in [2.75, 3.05) is 36.4 Å². The maximum absolute atomic E-state index is 12.3. The Bertz CT molecular complexity index is 836. The number of amides is 2. The van der Waals surface area contributed by atoms with Crippen molar-refractivity contribution in [3.63, 3.8) is 0 Å². The molecule has 0 spiro atoms. The zero-order valence-electron chi connectivity index (χ0n) is 14.2. The Morgan fingerprint density at radius 2 is 1.85 bits per heavy atom. The first-order valence-electron chi connectivity index (χ1n) is 8.17. The van der Waals surface area contributed by atoms with Crippen LogP contribution in [0.2, 0.25) is 10.2 Å². The van der Waals surface area contributed by atoms with Gasteiger partial charge in [-0.3, -0.25) is 9.59 Å². The third-order valence-corrected chi connectivity index (χ3v) is 4.88. The average Bonchev–Trinajstić information content (AvgIpc) is 2.62. The minimum atomic E-state index is -0.345. The third-order valence-electron chi connectivity index (χ3n) is 4.27. The van der Waals surface area contributed by atoms with E-state index in [1.165, 1.54) is 6.20 Å². The topological polar surface area (TPSA) is 65.5 Å². The first-order valence-corrected chi connectivity index (χ1v) is 8.93. The molecule has 1 N–H and O–H groups in total. The SMILES string of the molecule is CC(=O)N1CCN(c2ccc(NC(=O)c3cccnc3Cl)cc2Cl)CC1. The van der Waals surface area contributed by atoms with Crippen LogP contribution in [-0.4, -0.2) is 47.9 Å². The third kappa shape index (κ3) is 4.08. The van der Waals surface area contributed by atoms with Crippen LogP contribution in [0.4, 0.5) is 11.4 Å². The maximum Gasteiger partial charge on any atom is 0.258 e. The normalized spacial score (nSPS) is 14.3. The lowest BCUT2D eigenvalue weighted by molar-refractivity contribution is -0.129. The van der Waals surface area contributed by atoms with Gasteiger partial charge in [0.25, 0.3) is 5.91 Å². The molecule has 0 bridgehead atoms. The Morgan fingerprint density at radius 3 is 2.46 bits per heavy atom. The van der Waals surface area contributed by atoms with Gasteiger partial charge in [-0.25, -0.2) is 4.98 Å². The van der Waals surface area contributed by atoms with Gasteiger partial charge >= 0.3 is 0 Å². The number of pyridine rings is 1. The Morgan fingerprint density at radius 1 is 1.12 bits per heavy atom. The summed E-state index contributed by atoms with van der Waals surface area (Å²) in [6.07, 6.45) is 1.52. The van der Waals surface area contributed by atoms with Crippen molar-refractivity contribution in [2.45, 2.75) is 6.92 Å². The molecule has 1 fully saturated rings. The molecule has 8 heteroatoms. The van der Waals surface area contributed by atoms with Gasteiger partial charge in [0.1, 0.15) is 5.15 Å². The van der Waals surface area contributed by atoms with Crippen LogP contribution in [0, 0.1) is 0 Å². The van der Waals surface area contributed by atoms with Gasteiger partial charge in [-0.2, -0.15) is 0 Å². The Balaban J connectivity index is 1.69. The van der Waals surface area contributed by atoms with E-state index >= 15 is 0 Å². The van der Waals surface area contributed by atoms with Crippen molar-refractivity contribution in [1.82, 2.24) is 9.88 Å². The van der Waals surface area contributed by atoms with Gasteiger partial charge in [0.2, 0.25) is 5.91 Å². The van der Waals surface area contributed by atoms with Gasteiger partial charge in [0, 0.05) is 45.0 Å². The second-order valence-electron chi connectivity index (χ2n) is 5.96. The van der Waals surface area contributed by atoms with E-state index in [9.17, 15) is 9.59 Å². The lowest BCUT2D eigenvalue weighted by atomic mass is 10.2. The van der Waals surface area contributed by atoms with E-state index in [-0.39, 0.29) is 17.0 Å². The molecule has 1 aliphatic heterocycles. The van der Waals surface area contributed by atoms with E-state index in [4.69, 9.17) is 23.2 Å². The van der Waals surface area contributed by atoms with E-state index in [1.54, 1.807) is 31.2 Å². The lowest BCUT2D eigenvalue weighted by Crippen LogP contribution is -2.48. The van der Waals surface area contributed by atoms with Gasteiger partial charge in [-0.05, 0) is 30.3 Å². The zero-order chi connectivity index (χ0) is 18.7. The van der Waals surface area contributed by atoms with Crippen LogP contribution in [-0.2, 0) is 4.79 Å². The molecule has 1 aromatic carbocycles. The molecule has 0 saturated carbocycles. The predicted molar refractivity (Wildman–Crippen MR) is 103 cm³/mol. The van der Waals surface area contributed by atoms with Crippen LogP contribution in [0.1, 0.15) is 17.3 Å². The van der Waals surface area contributed by atoms with Crippen molar-refractivity contribution in [1.29, 1.82) is 0 Å². The minimum Gasteiger partial charge on any atom is -0.367 e.